The van der Waals surface area contributed by atoms with Crippen LogP contribution in [-0.4, -0.2) is 39.6 Å². The third-order valence-electron chi connectivity index (χ3n) is 3.75. The summed E-state index contributed by atoms with van der Waals surface area (Å²) in [5.74, 6) is -1.31. The van der Waals surface area contributed by atoms with Gasteiger partial charge in [-0.3, -0.25) is 9.78 Å². The molecule has 1 aliphatic rings. The molecule has 0 aliphatic carbocycles. The first kappa shape index (κ1) is 14.3. The van der Waals surface area contributed by atoms with Gasteiger partial charge in [0.1, 0.15) is 0 Å². The van der Waals surface area contributed by atoms with Crippen molar-refractivity contribution in [2.45, 2.75) is 32.9 Å². The topological polar surface area (TPSA) is 82.5 Å². The van der Waals surface area contributed by atoms with E-state index in [1.165, 1.54) is 0 Å². The molecule has 6 nitrogen and oxygen atoms in total. The molecular weight excluding hydrogens is 258 g/mol. The standard InChI is InChI=1S/C14H19N3O3/c1-9-3-4-11(7-15-9)8-16-14(20)17-6-5-12(10(17)2)13(18)19/h3-4,7,10,12H,5-6,8H2,1-2H3,(H,16,20)(H,18,19). The van der Waals surface area contributed by atoms with E-state index in [0.717, 1.165) is 11.3 Å². The summed E-state index contributed by atoms with van der Waals surface area (Å²) in [6, 6.07) is 3.31. The van der Waals surface area contributed by atoms with Crippen LogP contribution in [-0.2, 0) is 11.3 Å². The fourth-order valence-corrected chi connectivity index (χ4v) is 2.44. The lowest BCUT2D eigenvalue weighted by Crippen LogP contribution is -2.43. The highest BCUT2D eigenvalue weighted by molar-refractivity contribution is 5.78. The molecule has 0 saturated carbocycles. The molecule has 0 aromatic carbocycles. The van der Waals surface area contributed by atoms with Gasteiger partial charge in [-0.2, -0.15) is 0 Å². The molecule has 108 valence electrons. The number of urea groups is 1. The Balaban J connectivity index is 1.89. The molecule has 2 unspecified atom stereocenters. The number of pyridine rings is 1. The molecule has 2 atom stereocenters. The Labute approximate surface area is 117 Å². The van der Waals surface area contributed by atoms with Gasteiger partial charge in [0.2, 0.25) is 0 Å². The van der Waals surface area contributed by atoms with E-state index in [1.54, 1.807) is 18.0 Å². The lowest BCUT2D eigenvalue weighted by atomic mass is 10.0. The molecule has 2 N–H and O–H groups in total. The van der Waals surface area contributed by atoms with Gasteiger partial charge in [0, 0.05) is 31.0 Å². The van der Waals surface area contributed by atoms with Crippen molar-refractivity contribution in [1.29, 1.82) is 0 Å². The van der Waals surface area contributed by atoms with Crippen LogP contribution in [0.1, 0.15) is 24.6 Å². The molecule has 1 aromatic rings. The van der Waals surface area contributed by atoms with Crippen LogP contribution in [0.3, 0.4) is 0 Å². The predicted octanol–water partition coefficient (Wildman–Crippen LogP) is 1.39. The Morgan fingerprint density at radius 1 is 1.50 bits per heavy atom. The average Bonchev–Trinajstić information content (AvgIpc) is 2.80. The van der Waals surface area contributed by atoms with Crippen LogP contribution in [0, 0.1) is 12.8 Å². The Bertz CT molecular complexity index is 501. The number of nitrogens with one attached hydrogen (secondary N) is 1. The van der Waals surface area contributed by atoms with Gasteiger partial charge in [-0.05, 0) is 31.9 Å². The number of aryl methyl sites for hydroxylation is 1. The smallest absolute Gasteiger partial charge is 0.317 e. The average molecular weight is 277 g/mol. The molecular formula is C14H19N3O3. The van der Waals surface area contributed by atoms with Crippen LogP contribution < -0.4 is 5.32 Å². The lowest BCUT2D eigenvalue weighted by Gasteiger charge is -2.23. The summed E-state index contributed by atoms with van der Waals surface area (Å²) in [7, 11) is 0. The maximum atomic E-state index is 12.1. The van der Waals surface area contributed by atoms with Gasteiger partial charge in [0.15, 0.2) is 0 Å². The highest BCUT2D eigenvalue weighted by Gasteiger charge is 2.37. The van der Waals surface area contributed by atoms with E-state index < -0.39 is 11.9 Å². The lowest BCUT2D eigenvalue weighted by molar-refractivity contribution is -0.142. The molecule has 2 rings (SSSR count). The Morgan fingerprint density at radius 2 is 2.25 bits per heavy atom. The minimum Gasteiger partial charge on any atom is -0.481 e. The number of carbonyl (C=O) groups excluding carboxylic acids is 1. The summed E-state index contributed by atoms with van der Waals surface area (Å²) < 4.78 is 0. The van der Waals surface area contributed by atoms with Gasteiger partial charge in [-0.1, -0.05) is 6.07 Å². The van der Waals surface area contributed by atoms with Crippen molar-refractivity contribution in [2.24, 2.45) is 5.92 Å². The number of carboxylic acids is 1. The van der Waals surface area contributed by atoms with Crippen molar-refractivity contribution >= 4 is 12.0 Å². The zero-order chi connectivity index (χ0) is 14.7. The number of carbonyl (C=O) groups is 2. The fraction of sp³-hybridized carbons (Fsp3) is 0.500. The van der Waals surface area contributed by atoms with Crippen molar-refractivity contribution in [2.75, 3.05) is 6.54 Å². The summed E-state index contributed by atoms with van der Waals surface area (Å²) in [5.41, 5.74) is 1.85. The first-order valence-corrected chi connectivity index (χ1v) is 6.68. The van der Waals surface area contributed by atoms with E-state index in [2.05, 4.69) is 10.3 Å². The summed E-state index contributed by atoms with van der Waals surface area (Å²) in [5, 5.41) is 11.9. The van der Waals surface area contributed by atoms with E-state index in [9.17, 15) is 9.59 Å². The molecule has 2 amide bonds. The van der Waals surface area contributed by atoms with E-state index >= 15 is 0 Å². The van der Waals surface area contributed by atoms with Crippen LogP contribution in [0.4, 0.5) is 4.79 Å². The number of likely N-dealkylation sites (tertiary alicyclic amines) is 1. The van der Waals surface area contributed by atoms with Gasteiger partial charge < -0.3 is 15.3 Å². The predicted molar refractivity (Wildman–Crippen MR) is 73.1 cm³/mol. The van der Waals surface area contributed by atoms with Gasteiger partial charge in [0.05, 0.1) is 5.92 Å². The second kappa shape index (κ2) is 5.90. The summed E-state index contributed by atoms with van der Waals surface area (Å²) >= 11 is 0. The SMILES string of the molecule is Cc1ccc(CNC(=O)N2CCC(C(=O)O)C2C)cn1. The van der Waals surface area contributed by atoms with Crippen molar-refractivity contribution in [3.63, 3.8) is 0 Å². The number of amides is 2. The number of aliphatic carboxylic acids is 1. The second-order valence-electron chi connectivity index (χ2n) is 5.13. The zero-order valence-electron chi connectivity index (χ0n) is 11.7. The maximum Gasteiger partial charge on any atom is 0.317 e. The molecule has 0 radical (unpaired) electrons. The number of aromatic nitrogens is 1. The Hall–Kier alpha value is -2.11. The van der Waals surface area contributed by atoms with Crippen LogP contribution >= 0.6 is 0 Å². The van der Waals surface area contributed by atoms with Gasteiger partial charge in [-0.15, -0.1) is 0 Å². The van der Waals surface area contributed by atoms with Crippen molar-refractivity contribution in [3.8, 4) is 0 Å². The Kier molecular flexibility index (Phi) is 4.22. The first-order chi connectivity index (χ1) is 9.49. The molecule has 2 heterocycles. The van der Waals surface area contributed by atoms with Gasteiger partial charge in [0.25, 0.3) is 0 Å². The van der Waals surface area contributed by atoms with E-state index in [1.807, 2.05) is 19.1 Å². The highest BCUT2D eigenvalue weighted by Crippen LogP contribution is 2.24. The van der Waals surface area contributed by atoms with Crippen molar-refractivity contribution in [3.05, 3.63) is 29.6 Å². The molecule has 20 heavy (non-hydrogen) atoms. The van der Waals surface area contributed by atoms with Gasteiger partial charge in [-0.25, -0.2) is 4.79 Å². The van der Waals surface area contributed by atoms with E-state index in [-0.39, 0.29) is 12.1 Å². The van der Waals surface area contributed by atoms with E-state index in [0.29, 0.717) is 19.5 Å². The Morgan fingerprint density at radius 3 is 2.80 bits per heavy atom. The largest absolute Gasteiger partial charge is 0.481 e. The fourth-order valence-electron chi connectivity index (χ4n) is 2.44. The molecule has 6 heteroatoms. The molecule has 1 fully saturated rings. The van der Waals surface area contributed by atoms with Crippen molar-refractivity contribution < 1.29 is 14.7 Å². The monoisotopic (exact) mass is 277 g/mol. The zero-order valence-corrected chi connectivity index (χ0v) is 11.7. The molecule has 1 aromatic heterocycles. The minimum atomic E-state index is -0.837. The molecule has 1 saturated heterocycles. The summed E-state index contributed by atoms with van der Waals surface area (Å²) in [6.45, 7) is 4.56. The maximum absolute atomic E-state index is 12.1. The quantitative estimate of drug-likeness (QED) is 0.874. The third kappa shape index (κ3) is 3.07. The van der Waals surface area contributed by atoms with Crippen LogP contribution in [0.25, 0.3) is 0 Å². The first-order valence-electron chi connectivity index (χ1n) is 6.68. The highest BCUT2D eigenvalue weighted by atomic mass is 16.4. The number of carboxylic acid groups (broad SMARTS) is 1. The summed E-state index contributed by atoms with van der Waals surface area (Å²) in [6.07, 6.45) is 2.24. The van der Waals surface area contributed by atoms with Crippen LogP contribution in [0.15, 0.2) is 18.3 Å². The second-order valence-corrected chi connectivity index (χ2v) is 5.13. The molecule has 0 bridgehead atoms. The normalized spacial score (nSPS) is 21.8. The van der Waals surface area contributed by atoms with Crippen LogP contribution in [0.5, 0.6) is 0 Å². The van der Waals surface area contributed by atoms with Crippen LogP contribution in [0.2, 0.25) is 0 Å². The van der Waals surface area contributed by atoms with E-state index in [4.69, 9.17) is 5.11 Å². The number of hydrogen-bond acceptors (Lipinski definition) is 3. The summed E-state index contributed by atoms with van der Waals surface area (Å²) in [4.78, 5) is 28.8. The van der Waals surface area contributed by atoms with Crippen molar-refractivity contribution in [1.82, 2.24) is 15.2 Å². The molecule has 1 aliphatic heterocycles. The third-order valence-corrected chi connectivity index (χ3v) is 3.75. The van der Waals surface area contributed by atoms with Gasteiger partial charge >= 0.3 is 12.0 Å². The minimum absolute atomic E-state index is 0.221. The number of rotatable bonds is 3. The molecule has 0 spiro atoms. The number of nitrogens with zero attached hydrogens (tertiary/aromatic N) is 2. The number of hydrogen-bond donors (Lipinski definition) is 2.